The van der Waals surface area contributed by atoms with Crippen molar-refractivity contribution in [2.24, 2.45) is 13.0 Å². The van der Waals surface area contributed by atoms with Crippen LogP contribution in [0.4, 0.5) is 5.69 Å². The predicted octanol–water partition coefficient (Wildman–Crippen LogP) is 2.93. The number of aryl methyl sites for hydroxylation is 2. The average molecular weight is 258 g/mol. The molecule has 2 aromatic rings. The van der Waals surface area contributed by atoms with Gasteiger partial charge in [-0.15, -0.1) is 0 Å². The lowest BCUT2D eigenvalue weighted by molar-refractivity contribution is 0.612. The van der Waals surface area contributed by atoms with E-state index in [2.05, 4.69) is 60.4 Å². The summed E-state index contributed by atoms with van der Waals surface area (Å²) in [6, 6.07) is 8.37. The van der Waals surface area contributed by atoms with Crippen molar-refractivity contribution in [3.8, 4) is 0 Å². The van der Waals surface area contributed by atoms with E-state index in [9.17, 15) is 0 Å². The van der Waals surface area contributed by atoms with Gasteiger partial charge in [0, 0.05) is 19.2 Å². The molecule has 0 bridgehead atoms. The molecule has 0 spiro atoms. The van der Waals surface area contributed by atoms with Crippen LogP contribution in [0.5, 0.6) is 0 Å². The van der Waals surface area contributed by atoms with Gasteiger partial charge in [-0.1, -0.05) is 31.5 Å². The average Bonchev–Trinajstić information content (AvgIpc) is 2.68. The lowest BCUT2D eigenvalue weighted by Crippen LogP contribution is -2.06. The molecule has 1 heterocycles. The third-order valence-electron chi connectivity index (χ3n) is 2.99. The summed E-state index contributed by atoms with van der Waals surface area (Å²) < 4.78 is 1.86. The maximum absolute atomic E-state index is 4.57. The number of nitrogens with one attached hydrogen (secondary N) is 1. The molecule has 102 valence electrons. The maximum atomic E-state index is 4.57. The second kappa shape index (κ2) is 5.87. The summed E-state index contributed by atoms with van der Waals surface area (Å²) in [7, 11) is 1.95. The minimum absolute atomic E-state index is 0.584. The highest BCUT2D eigenvalue weighted by atomic mass is 15.3. The Bertz CT molecular complexity index is 526. The molecule has 0 aliphatic rings. The van der Waals surface area contributed by atoms with E-state index in [1.54, 1.807) is 0 Å². The molecule has 4 heteroatoms. The van der Waals surface area contributed by atoms with Gasteiger partial charge in [0.15, 0.2) is 5.82 Å². The minimum Gasteiger partial charge on any atom is -0.378 e. The molecule has 1 aromatic carbocycles. The Morgan fingerprint density at radius 2 is 1.89 bits per heavy atom. The fraction of sp³-hybridized carbons (Fsp3) is 0.467. The van der Waals surface area contributed by atoms with E-state index in [4.69, 9.17) is 0 Å². The van der Waals surface area contributed by atoms with Gasteiger partial charge in [0.25, 0.3) is 0 Å². The summed E-state index contributed by atoms with van der Waals surface area (Å²) in [5, 5.41) is 7.82. The van der Waals surface area contributed by atoms with E-state index in [1.165, 1.54) is 5.56 Å². The van der Waals surface area contributed by atoms with Crippen molar-refractivity contribution < 1.29 is 0 Å². The van der Waals surface area contributed by atoms with E-state index >= 15 is 0 Å². The molecule has 1 aromatic heterocycles. The maximum Gasteiger partial charge on any atom is 0.151 e. The van der Waals surface area contributed by atoms with Gasteiger partial charge in [0.1, 0.15) is 5.82 Å². The van der Waals surface area contributed by atoms with Crippen molar-refractivity contribution in [3.05, 3.63) is 41.5 Å². The van der Waals surface area contributed by atoms with E-state index in [1.807, 2.05) is 11.7 Å². The third-order valence-corrected chi connectivity index (χ3v) is 2.99. The normalized spacial score (nSPS) is 11.0. The molecule has 0 aliphatic carbocycles. The summed E-state index contributed by atoms with van der Waals surface area (Å²) in [6.45, 7) is 7.15. The van der Waals surface area contributed by atoms with Crippen LogP contribution in [0.1, 0.15) is 31.1 Å². The number of benzene rings is 1. The van der Waals surface area contributed by atoms with Crippen molar-refractivity contribution in [3.63, 3.8) is 0 Å². The van der Waals surface area contributed by atoms with Gasteiger partial charge in [-0.2, -0.15) is 5.10 Å². The first-order valence-electron chi connectivity index (χ1n) is 6.74. The van der Waals surface area contributed by atoms with Crippen LogP contribution in [0.3, 0.4) is 0 Å². The number of anilines is 1. The van der Waals surface area contributed by atoms with Gasteiger partial charge in [-0.25, -0.2) is 4.98 Å². The van der Waals surface area contributed by atoms with Gasteiger partial charge in [0.05, 0.1) is 6.54 Å². The third kappa shape index (κ3) is 3.81. The fourth-order valence-corrected chi connectivity index (χ4v) is 1.93. The molecular weight excluding hydrogens is 236 g/mol. The minimum atomic E-state index is 0.584. The quantitative estimate of drug-likeness (QED) is 0.896. The van der Waals surface area contributed by atoms with Crippen LogP contribution in [-0.2, 0) is 20.0 Å². The monoisotopic (exact) mass is 258 g/mol. The topological polar surface area (TPSA) is 42.7 Å². The van der Waals surface area contributed by atoms with Gasteiger partial charge >= 0.3 is 0 Å². The van der Waals surface area contributed by atoms with Gasteiger partial charge in [-0.3, -0.25) is 4.68 Å². The number of nitrogens with zero attached hydrogens (tertiary/aromatic N) is 3. The molecule has 0 saturated carbocycles. The van der Waals surface area contributed by atoms with Crippen LogP contribution in [0.25, 0.3) is 0 Å². The van der Waals surface area contributed by atoms with E-state index < -0.39 is 0 Å². The number of rotatable bonds is 5. The SMILES string of the molecule is Cc1ccc(NCc2nc(CC(C)C)nn2C)cc1. The van der Waals surface area contributed by atoms with Crippen LogP contribution in [0, 0.1) is 12.8 Å². The molecule has 0 atom stereocenters. The standard InChI is InChI=1S/C15H22N4/c1-11(2)9-14-17-15(19(4)18-14)10-16-13-7-5-12(3)6-8-13/h5-8,11,16H,9-10H2,1-4H3. The van der Waals surface area contributed by atoms with Crippen LogP contribution in [-0.4, -0.2) is 14.8 Å². The molecule has 0 fully saturated rings. The molecule has 0 unspecified atom stereocenters. The van der Waals surface area contributed by atoms with E-state index in [0.29, 0.717) is 12.5 Å². The Morgan fingerprint density at radius 1 is 1.21 bits per heavy atom. The molecule has 0 radical (unpaired) electrons. The Hall–Kier alpha value is -1.84. The van der Waals surface area contributed by atoms with Crippen molar-refractivity contribution in [1.29, 1.82) is 0 Å². The van der Waals surface area contributed by atoms with Crippen LogP contribution in [0.15, 0.2) is 24.3 Å². The summed E-state index contributed by atoms with van der Waals surface area (Å²) in [6.07, 6.45) is 0.929. The second-order valence-electron chi connectivity index (χ2n) is 5.39. The van der Waals surface area contributed by atoms with Crippen LogP contribution in [0.2, 0.25) is 0 Å². The first-order chi connectivity index (χ1) is 9.04. The van der Waals surface area contributed by atoms with Gasteiger partial charge < -0.3 is 5.32 Å². The largest absolute Gasteiger partial charge is 0.378 e. The Kier molecular flexibility index (Phi) is 4.20. The molecule has 0 saturated heterocycles. The summed E-state index contributed by atoms with van der Waals surface area (Å²) in [4.78, 5) is 4.57. The summed E-state index contributed by atoms with van der Waals surface area (Å²) in [5.74, 6) is 2.48. The lowest BCUT2D eigenvalue weighted by atomic mass is 10.1. The molecular formula is C15H22N4. The van der Waals surface area contributed by atoms with Crippen LogP contribution < -0.4 is 5.32 Å². The van der Waals surface area contributed by atoms with Crippen molar-refractivity contribution in [2.75, 3.05) is 5.32 Å². The molecule has 0 aliphatic heterocycles. The number of hydrogen-bond donors (Lipinski definition) is 1. The highest BCUT2D eigenvalue weighted by Crippen LogP contribution is 2.10. The predicted molar refractivity (Wildman–Crippen MR) is 78.1 cm³/mol. The first-order valence-corrected chi connectivity index (χ1v) is 6.74. The van der Waals surface area contributed by atoms with Crippen molar-refractivity contribution in [2.45, 2.75) is 33.7 Å². The van der Waals surface area contributed by atoms with Gasteiger partial charge in [-0.05, 0) is 25.0 Å². The molecule has 1 N–H and O–H groups in total. The molecule has 0 amide bonds. The van der Waals surface area contributed by atoms with Crippen molar-refractivity contribution >= 4 is 5.69 Å². The molecule has 4 nitrogen and oxygen atoms in total. The highest BCUT2D eigenvalue weighted by Gasteiger charge is 2.08. The smallest absolute Gasteiger partial charge is 0.151 e. The number of aromatic nitrogens is 3. The second-order valence-corrected chi connectivity index (χ2v) is 5.39. The van der Waals surface area contributed by atoms with E-state index in [0.717, 1.165) is 23.8 Å². The molecule has 2 rings (SSSR count). The highest BCUT2D eigenvalue weighted by molar-refractivity contribution is 5.44. The zero-order valence-electron chi connectivity index (χ0n) is 12.1. The Labute approximate surface area is 114 Å². The first kappa shape index (κ1) is 13.6. The van der Waals surface area contributed by atoms with Crippen molar-refractivity contribution in [1.82, 2.24) is 14.8 Å². The Morgan fingerprint density at radius 3 is 2.53 bits per heavy atom. The summed E-state index contributed by atoms with van der Waals surface area (Å²) >= 11 is 0. The zero-order valence-corrected chi connectivity index (χ0v) is 12.1. The van der Waals surface area contributed by atoms with Crippen LogP contribution >= 0.6 is 0 Å². The summed E-state index contributed by atoms with van der Waals surface area (Å²) in [5.41, 5.74) is 2.38. The fourth-order valence-electron chi connectivity index (χ4n) is 1.93. The molecule has 19 heavy (non-hydrogen) atoms. The van der Waals surface area contributed by atoms with E-state index in [-0.39, 0.29) is 0 Å². The lowest BCUT2D eigenvalue weighted by Gasteiger charge is -2.05. The Balaban J connectivity index is 1.99. The number of hydrogen-bond acceptors (Lipinski definition) is 3. The van der Waals surface area contributed by atoms with Gasteiger partial charge in [0.2, 0.25) is 0 Å². The zero-order chi connectivity index (χ0) is 13.8.